The number of hydrogen-bond acceptors (Lipinski definition) is 4. The average Bonchev–Trinajstić information content (AvgIpc) is 3.15. The van der Waals surface area contributed by atoms with E-state index in [9.17, 15) is 4.79 Å². The van der Waals surface area contributed by atoms with E-state index in [1.54, 1.807) is 12.4 Å². The van der Waals surface area contributed by atoms with E-state index in [-0.39, 0.29) is 30.7 Å². The number of halogens is 2. The maximum absolute atomic E-state index is 12.9. The Morgan fingerprint density at radius 1 is 1.13 bits per heavy atom. The second-order valence-electron chi connectivity index (χ2n) is 7.55. The summed E-state index contributed by atoms with van der Waals surface area (Å²) in [6, 6.07) is 12.1. The van der Waals surface area contributed by atoms with Crippen LogP contribution in [0.25, 0.3) is 11.0 Å². The number of piperidine rings is 1. The van der Waals surface area contributed by atoms with Crippen LogP contribution >= 0.6 is 24.8 Å². The topological polar surface area (TPSA) is 63.1 Å². The van der Waals surface area contributed by atoms with Gasteiger partial charge in [0, 0.05) is 24.7 Å². The van der Waals surface area contributed by atoms with Gasteiger partial charge in [-0.3, -0.25) is 4.79 Å². The van der Waals surface area contributed by atoms with Crippen LogP contribution in [0.5, 0.6) is 0 Å². The molecule has 2 aromatic heterocycles. The van der Waals surface area contributed by atoms with Crippen LogP contribution in [0.1, 0.15) is 35.2 Å². The van der Waals surface area contributed by atoms with Gasteiger partial charge < -0.3 is 10.2 Å². The zero-order valence-corrected chi connectivity index (χ0v) is 18.8. The molecule has 1 amide bonds. The smallest absolute Gasteiger partial charge is 0.255 e. The second kappa shape index (κ2) is 11.3. The SMILES string of the molecule is CNCCC1CCN(C(=O)c2cnc3c(cnn3Cc3ccccc3)c2)CC1.Cl.Cl. The summed E-state index contributed by atoms with van der Waals surface area (Å²) in [4.78, 5) is 19.4. The van der Waals surface area contributed by atoms with E-state index in [4.69, 9.17) is 0 Å². The van der Waals surface area contributed by atoms with Crippen molar-refractivity contribution < 1.29 is 4.79 Å². The number of amides is 1. The summed E-state index contributed by atoms with van der Waals surface area (Å²) in [7, 11) is 1.99. The van der Waals surface area contributed by atoms with E-state index in [2.05, 4.69) is 27.5 Å². The maximum atomic E-state index is 12.9. The third-order valence-electron chi connectivity index (χ3n) is 5.60. The molecule has 0 spiro atoms. The maximum Gasteiger partial charge on any atom is 0.255 e. The van der Waals surface area contributed by atoms with Crippen molar-refractivity contribution in [3.8, 4) is 0 Å². The van der Waals surface area contributed by atoms with E-state index in [1.165, 1.54) is 12.0 Å². The van der Waals surface area contributed by atoms with Gasteiger partial charge in [-0.2, -0.15) is 5.10 Å². The van der Waals surface area contributed by atoms with Gasteiger partial charge in [-0.15, -0.1) is 24.8 Å². The first kappa shape index (κ1) is 24.1. The molecule has 1 saturated heterocycles. The molecule has 3 aromatic rings. The van der Waals surface area contributed by atoms with Crippen LogP contribution in [0.4, 0.5) is 0 Å². The third kappa shape index (κ3) is 5.50. The van der Waals surface area contributed by atoms with E-state index < -0.39 is 0 Å². The molecular weight excluding hydrogens is 421 g/mol. The summed E-state index contributed by atoms with van der Waals surface area (Å²) in [6.07, 6.45) is 6.84. The van der Waals surface area contributed by atoms with Gasteiger partial charge in [-0.1, -0.05) is 30.3 Å². The molecule has 1 N–H and O–H groups in total. The number of aromatic nitrogens is 3. The van der Waals surface area contributed by atoms with E-state index in [0.717, 1.165) is 43.5 Å². The predicted molar refractivity (Wildman–Crippen MR) is 125 cm³/mol. The van der Waals surface area contributed by atoms with Gasteiger partial charge in [0.15, 0.2) is 5.65 Å². The molecule has 4 rings (SSSR count). The number of nitrogens with one attached hydrogen (secondary N) is 1. The predicted octanol–water partition coefficient (Wildman–Crippen LogP) is 3.78. The van der Waals surface area contributed by atoms with Crippen molar-refractivity contribution >= 4 is 41.8 Å². The first-order valence-corrected chi connectivity index (χ1v) is 10.0. The first-order chi connectivity index (χ1) is 13.7. The minimum atomic E-state index is 0. The first-order valence-electron chi connectivity index (χ1n) is 10.0. The molecule has 0 radical (unpaired) electrons. The van der Waals surface area contributed by atoms with E-state index in [1.807, 2.05) is 40.9 Å². The highest BCUT2D eigenvalue weighted by atomic mass is 35.5. The van der Waals surface area contributed by atoms with Gasteiger partial charge in [-0.05, 0) is 50.4 Å². The number of benzene rings is 1. The fourth-order valence-electron chi connectivity index (χ4n) is 3.92. The van der Waals surface area contributed by atoms with Crippen molar-refractivity contribution in [3.05, 3.63) is 59.9 Å². The molecule has 30 heavy (non-hydrogen) atoms. The van der Waals surface area contributed by atoms with Crippen molar-refractivity contribution in [2.75, 3.05) is 26.7 Å². The Morgan fingerprint density at radius 3 is 2.57 bits per heavy atom. The number of nitrogens with zero attached hydrogens (tertiary/aromatic N) is 4. The van der Waals surface area contributed by atoms with Gasteiger partial charge in [0.2, 0.25) is 0 Å². The molecule has 0 aliphatic carbocycles. The van der Waals surface area contributed by atoms with Gasteiger partial charge in [0.05, 0.1) is 18.3 Å². The average molecular weight is 450 g/mol. The van der Waals surface area contributed by atoms with Crippen molar-refractivity contribution in [3.63, 3.8) is 0 Å². The molecular formula is C22H29Cl2N5O. The molecule has 1 aliphatic rings. The summed E-state index contributed by atoms with van der Waals surface area (Å²) in [6.45, 7) is 3.38. The van der Waals surface area contributed by atoms with Gasteiger partial charge in [-0.25, -0.2) is 9.67 Å². The Morgan fingerprint density at radius 2 is 1.87 bits per heavy atom. The second-order valence-corrected chi connectivity index (χ2v) is 7.55. The molecule has 8 heteroatoms. The lowest BCUT2D eigenvalue weighted by molar-refractivity contribution is 0.0687. The fraction of sp³-hybridized carbons (Fsp3) is 0.409. The standard InChI is InChI=1S/C22H27N5O.2ClH/c1-23-10-7-17-8-11-26(12-9-17)22(28)20-13-19-15-25-27(21(19)24-14-20)16-18-5-3-2-4-6-18;;/h2-6,13-15,17,23H,7-12,16H2,1H3;2*1H. The molecule has 1 fully saturated rings. The molecule has 0 atom stereocenters. The van der Waals surface area contributed by atoms with Crippen LogP contribution in [0.15, 0.2) is 48.8 Å². The summed E-state index contributed by atoms with van der Waals surface area (Å²) in [5.74, 6) is 0.797. The van der Waals surface area contributed by atoms with Gasteiger partial charge in [0.25, 0.3) is 5.91 Å². The summed E-state index contributed by atoms with van der Waals surface area (Å²) < 4.78 is 1.88. The molecule has 3 heterocycles. The Bertz CT molecular complexity index is 939. The van der Waals surface area contributed by atoms with Crippen molar-refractivity contribution in [1.29, 1.82) is 0 Å². The monoisotopic (exact) mass is 449 g/mol. The lowest BCUT2D eigenvalue weighted by Crippen LogP contribution is -2.39. The highest BCUT2D eigenvalue weighted by Crippen LogP contribution is 2.22. The third-order valence-corrected chi connectivity index (χ3v) is 5.60. The molecule has 162 valence electrons. The van der Waals surface area contributed by atoms with Crippen molar-refractivity contribution in [1.82, 2.24) is 25.0 Å². The number of fused-ring (bicyclic) bond motifs is 1. The van der Waals surface area contributed by atoms with Crippen LogP contribution < -0.4 is 5.32 Å². The lowest BCUT2D eigenvalue weighted by Gasteiger charge is -2.32. The van der Waals surface area contributed by atoms with Gasteiger partial charge in [0.1, 0.15) is 0 Å². The largest absolute Gasteiger partial charge is 0.339 e. The zero-order chi connectivity index (χ0) is 19.3. The zero-order valence-electron chi connectivity index (χ0n) is 17.2. The molecule has 6 nitrogen and oxygen atoms in total. The van der Waals surface area contributed by atoms with Gasteiger partial charge >= 0.3 is 0 Å². The number of hydrogen-bond donors (Lipinski definition) is 1. The van der Waals surface area contributed by atoms with Crippen LogP contribution in [-0.4, -0.2) is 52.3 Å². The normalized spacial score (nSPS) is 14.2. The minimum Gasteiger partial charge on any atom is -0.339 e. The Hall–Kier alpha value is -2.15. The quantitative estimate of drug-likeness (QED) is 0.621. The van der Waals surface area contributed by atoms with Crippen LogP contribution in [0, 0.1) is 5.92 Å². The highest BCUT2D eigenvalue weighted by Gasteiger charge is 2.24. The number of carbonyl (C=O) groups excluding carboxylic acids is 1. The molecule has 1 aliphatic heterocycles. The van der Waals surface area contributed by atoms with Crippen LogP contribution in [0.2, 0.25) is 0 Å². The summed E-state index contributed by atoms with van der Waals surface area (Å²) >= 11 is 0. The van der Waals surface area contributed by atoms with Crippen LogP contribution in [0.3, 0.4) is 0 Å². The lowest BCUT2D eigenvalue weighted by atomic mass is 9.93. The molecule has 0 saturated carbocycles. The molecule has 0 bridgehead atoms. The Labute approximate surface area is 189 Å². The van der Waals surface area contributed by atoms with Crippen molar-refractivity contribution in [2.45, 2.75) is 25.8 Å². The molecule has 1 aromatic carbocycles. The Kier molecular flexibility index (Phi) is 9.08. The fourth-order valence-corrected chi connectivity index (χ4v) is 3.92. The summed E-state index contributed by atoms with van der Waals surface area (Å²) in [5, 5.41) is 8.59. The number of likely N-dealkylation sites (tertiary alicyclic amines) is 1. The number of rotatable bonds is 6. The Balaban J connectivity index is 0.00000160. The summed E-state index contributed by atoms with van der Waals surface area (Å²) in [5.41, 5.74) is 2.64. The van der Waals surface area contributed by atoms with E-state index >= 15 is 0 Å². The van der Waals surface area contributed by atoms with E-state index in [0.29, 0.717) is 18.0 Å². The number of carbonyl (C=O) groups is 1. The highest BCUT2D eigenvalue weighted by molar-refractivity contribution is 5.96. The van der Waals surface area contributed by atoms with Crippen LogP contribution in [-0.2, 0) is 6.54 Å². The molecule has 0 unspecified atom stereocenters. The van der Waals surface area contributed by atoms with Crippen molar-refractivity contribution in [2.24, 2.45) is 5.92 Å². The number of pyridine rings is 1. The minimum absolute atomic E-state index is 0.